The molecule has 1 aliphatic rings. The molecule has 5 heteroatoms. The fraction of sp³-hybridized carbons (Fsp3) is 0.467. The number of imide groups is 1. The Labute approximate surface area is 119 Å². The van der Waals surface area contributed by atoms with Crippen LogP contribution in [0.1, 0.15) is 25.3 Å². The van der Waals surface area contributed by atoms with Crippen molar-refractivity contribution >= 4 is 11.9 Å². The maximum atomic E-state index is 12.0. The van der Waals surface area contributed by atoms with E-state index in [0.717, 1.165) is 18.4 Å². The van der Waals surface area contributed by atoms with Crippen LogP contribution in [-0.2, 0) is 11.3 Å². The van der Waals surface area contributed by atoms with E-state index in [4.69, 9.17) is 0 Å². The smallest absolute Gasteiger partial charge is 0.321 e. The van der Waals surface area contributed by atoms with E-state index in [9.17, 15) is 9.59 Å². The standard InChI is InChI=1S/C15H21N3O2/c1-11(14(19)17-15(20)16-13-8-9-13)18(2)10-12-6-4-3-5-7-12/h3-7,11,13H,8-10H2,1-2H3,(H2,16,17,19,20). The summed E-state index contributed by atoms with van der Waals surface area (Å²) in [5.41, 5.74) is 1.14. The number of hydrogen-bond acceptors (Lipinski definition) is 3. The lowest BCUT2D eigenvalue weighted by Gasteiger charge is -2.23. The highest BCUT2D eigenvalue weighted by Gasteiger charge is 2.25. The second-order valence-corrected chi connectivity index (χ2v) is 5.31. The third-order valence-corrected chi connectivity index (χ3v) is 3.46. The molecule has 20 heavy (non-hydrogen) atoms. The average Bonchev–Trinajstić information content (AvgIpc) is 3.22. The predicted molar refractivity (Wildman–Crippen MR) is 77.1 cm³/mol. The summed E-state index contributed by atoms with van der Waals surface area (Å²) in [6.45, 7) is 2.46. The van der Waals surface area contributed by atoms with E-state index in [1.807, 2.05) is 42.3 Å². The minimum atomic E-state index is -0.391. The average molecular weight is 275 g/mol. The number of nitrogens with one attached hydrogen (secondary N) is 2. The molecule has 1 aromatic carbocycles. The van der Waals surface area contributed by atoms with Crippen molar-refractivity contribution < 1.29 is 9.59 Å². The van der Waals surface area contributed by atoms with Gasteiger partial charge < -0.3 is 5.32 Å². The molecular formula is C15H21N3O2. The van der Waals surface area contributed by atoms with E-state index >= 15 is 0 Å². The van der Waals surface area contributed by atoms with Gasteiger partial charge in [-0.3, -0.25) is 15.0 Å². The van der Waals surface area contributed by atoms with E-state index in [2.05, 4.69) is 10.6 Å². The van der Waals surface area contributed by atoms with Crippen molar-refractivity contribution in [3.05, 3.63) is 35.9 Å². The SMILES string of the molecule is CC(C(=O)NC(=O)NC1CC1)N(C)Cc1ccccc1. The Kier molecular flexibility index (Phi) is 4.74. The molecule has 0 spiro atoms. The molecule has 1 saturated carbocycles. The van der Waals surface area contributed by atoms with Gasteiger partial charge in [0.25, 0.3) is 0 Å². The van der Waals surface area contributed by atoms with Crippen molar-refractivity contribution in [2.45, 2.75) is 38.4 Å². The Hall–Kier alpha value is -1.88. The van der Waals surface area contributed by atoms with Crippen LogP contribution >= 0.6 is 0 Å². The lowest BCUT2D eigenvalue weighted by Crippen LogP contribution is -2.48. The third kappa shape index (κ3) is 4.35. The number of urea groups is 1. The molecule has 0 radical (unpaired) electrons. The van der Waals surface area contributed by atoms with Crippen molar-refractivity contribution in [1.82, 2.24) is 15.5 Å². The lowest BCUT2D eigenvalue weighted by molar-refractivity contribution is -0.124. The number of hydrogen-bond donors (Lipinski definition) is 2. The Morgan fingerprint density at radius 2 is 1.95 bits per heavy atom. The van der Waals surface area contributed by atoms with E-state index in [-0.39, 0.29) is 18.0 Å². The third-order valence-electron chi connectivity index (χ3n) is 3.46. The van der Waals surface area contributed by atoms with Gasteiger partial charge in [0.1, 0.15) is 0 Å². The van der Waals surface area contributed by atoms with Gasteiger partial charge >= 0.3 is 6.03 Å². The number of benzene rings is 1. The van der Waals surface area contributed by atoms with Crippen molar-refractivity contribution in [2.75, 3.05) is 7.05 Å². The fourth-order valence-corrected chi connectivity index (χ4v) is 1.87. The minimum Gasteiger partial charge on any atom is -0.335 e. The van der Waals surface area contributed by atoms with Crippen LogP contribution in [0.4, 0.5) is 4.79 Å². The maximum absolute atomic E-state index is 12.0. The van der Waals surface area contributed by atoms with Crippen LogP contribution in [0, 0.1) is 0 Å². The quantitative estimate of drug-likeness (QED) is 0.856. The van der Waals surface area contributed by atoms with Gasteiger partial charge in [0.05, 0.1) is 6.04 Å². The van der Waals surface area contributed by atoms with Gasteiger partial charge in [0.15, 0.2) is 0 Å². The topological polar surface area (TPSA) is 61.4 Å². The minimum absolute atomic E-state index is 0.250. The zero-order valence-corrected chi connectivity index (χ0v) is 11.9. The summed E-state index contributed by atoms with van der Waals surface area (Å²) in [6.07, 6.45) is 2.01. The highest BCUT2D eigenvalue weighted by Crippen LogP contribution is 2.18. The molecule has 0 saturated heterocycles. The first-order chi connectivity index (χ1) is 9.56. The summed E-state index contributed by atoms with van der Waals surface area (Å²) < 4.78 is 0. The molecule has 0 aromatic heterocycles. The number of likely N-dealkylation sites (N-methyl/N-ethyl adjacent to an activating group) is 1. The first-order valence-electron chi connectivity index (χ1n) is 6.92. The highest BCUT2D eigenvalue weighted by molar-refractivity contribution is 5.96. The van der Waals surface area contributed by atoms with E-state index in [0.29, 0.717) is 6.54 Å². The Bertz CT molecular complexity index is 471. The summed E-state index contributed by atoms with van der Waals surface area (Å²) >= 11 is 0. The van der Waals surface area contributed by atoms with Gasteiger partial charge in [-0.25, -0.2) is 4.79 Å². The molecule has 1 fully saturated rings. The maximum Gasteiger partial charge on any atom is 0.321 e. The van der Waals surface area contributed by atoms with Crippen LogP contribution in [0.25, 0.3) is 0 Å². The molecular weight excluding hydrogens is 254 g/mol. The molecule has 1 unspecified atom stereocenters. The van der Waals surface area contributed by atoms with Crippen molar-refractivity contribution in [3.8, 4) is 0 Å². The van der Waals surface area contributed by atoms with Gasteiger partial charge in [-0.2, -0.15) is 0 Å². The molecule has 108 valence electrons. The summed E-state index contributed by atoms with van der Waals surface area (Å²) in [7, 11) is 1.87. The molecule has 1 aromatic rings. The molecule has 2 N–H and O–H groups in total. The molecule has 2 rings (SSSR count). The molecule has 3 amide bonds. The Morgan fingerprint density at radius 3 is 2.55 bits per heavy atom. The lowest BCUT2D eigenvalue weighted by atomic mass is 10.2. The normalized spacial score (nSPS) is 15.8. The monoisotopic (exact) mass is 275 g/mol. The van der Waals surface area contributed by atoms with E-state index in [1.165, 1.54) is 0 Å². The van der Waals surface area contributed by atoms with E-state index < -0.39 is 6.03 Å². The second-order valence-electron chi connectivity index (χ2n) is 5.31. The van der Waals surface area contributed by atoms with Crippen molar-refractivity contribution in [2.24, 2.45) is 0 Å². The molecule has 0 heterocycles. The van der Waals surface area contributed by atoms with Crippen LogP contribution in [0.5, 0.6) is 0 Å². The van der Waals surface area contributed by atoms with Gasteiger partial charge in [0.2, 0.25) is 5.91 Å². The van der Waals surface area contributed by atoms with E-state index in [1.54, 1.807) is 6.92 Å². The van der Waals surface area contributed by atoms with Crippen molar-refractivity contribution in [1.29, 1.82) is 0 Å². The zero-order chi connectivity index (χ0) is 14.5. The summed E-state index contributed by atoms with van der Waals surface area (Å²) in [6, 6.07) is 9.43. The number of carbonyl (C=O) groups excluding carboxylic acids is 2. The number of nitrogens with zero attached hydrogens (tertiary/aromatic N) is 1. The van der Waals surface area contributed by atoms with Gasteiger partial charge in [-0.05, 0) is 32.4 Å². The van der Waals surface area contributed by atoms with Crippen LogP contribution in [0.3, 0.4) is 0 Å². The number of carbonyl (C=O) groups is 2. The largest absolute Gasteiger partial charge is 0.335 e. The second kappa shape index (κ2) is 6.52. The number of amides is 3. The Morgan fingerprint density at radius 1 is 1.30 bits per heavy atom. The molecule has 0 aliphatic heterocycles. The van der Waals surface area contributed by atoms with Crippen LogP contribution in [0.15, 0.2) is 30.3 Å². The summed E-state index contributed by atoms with van der Waals surface area (Å²) in [5.74, 6) is -0.276. The Balaban J connectivity index is 1.80. The highest BCUT2D eigenvalue weighted by atomic mass is 16.2. The fourth-order valence-electron chi connectivity index (χ4n) is 1.87. The zero-order valence-electron chi connectivity index (χ0n) is 11.9. The van der Waals surface area contributed by atoms with Crippen molar-refractivity contribution in [3.63, 3.8) is 0 Å². The van der Waals surface area contributed by atoms with Gasteiger partial charge in [-0.1, -0.05) is 30.3 Å². The molecule has 1 aliphatic carbocycles. The van der Waals surface area contributed by atoms with Crippen LogP contribution < -0.4 is 10.6 Å². The van der Waals surface area contributed by atoms with Gasteiger partial charge in [-0.15, -0.1) is 0 Å². The number of rotatable bonds is 5. The summed E-state index contributed by atoms with van der Waals surface area (Å²) in [5, 5.41) is 5.13. The molecule has 5 nitrogen and oxygen atoms in total. The van der Waals surface area contributed by atoms with Crippen LogP contribution in [0.2, 0.25) is 0 Å². The molecule has 0 bridgehead atoms. The summed E-state index contributed by atoms with van der Waals surface area (Å²) in [4.78, 5) is 25.4. The predicted octanol–water partition coefficient (Wildman–Crippen LogP) is 1.50. The van der Waals surface area contributed by atoms with Crippen LogP contribution in [-0.4, -0.2) is 36.0 Å². The van der Waals surface area contributed by atoms with Gasteiger partial charge in [0, 0.05) is 12.6 Å². The molecule has 1 atom stereocenters. The first-order valence-corrected chi connectivity index (χ1v) is 6.92. The first kappa shape index (κ1) is 14.5.